The average molecular weight is 1170 g/mol. The second kappa shape index (κ2) is 22.7. The molecule has 0 spiro atoms. The van der Waals surface area contributed by atoms with Gasteiger partial charge in [0.25, 0.3) is 0 Å². The van der Waals surface area contributed by atoms with Gasteiger partial charge in [-0.15, -0.1) is 0 Å². The molecule has 0 saturated heterocycles. The van der Waals surface area contributed by atoms with Crippen LogP contribution in [0.2, 0.25) is 0 Å². The highest BCUT2D eigenvalue weighted by Gasteiger charge is 2.26. The SMILES string of the molecule is [C-]#[N+]c1ccc(-c2ccc3c(c2)c2cc(-c4ccc([N+]#[C-])cc4[N+]#[C-])ccc2n3-c2cc(-c3nc(-c4ccccc4)cc(-c4ccccc4)n3)cc(-n3c4ccc(-c5ccc(C#N)cc5C#N)cc4c4cc(-c5ccc(C#N)cc5[N+]#[C-])ccc43)c2C#N)c(C#N)c1. The van der Waals surface area contributed by atoms with Crippen molar-refractivity contribution in [3.8, 4) is 120 Å². The summed E-state index contributed by atoms with van der Waals surface area (Å²) in [6, 6.07) is 80.7. The van der Waals surface area contributed by atoms with Crippen molar-refractivity contribution in [1.82, 2.24) is 19.1 Å². The van der Waals surface area contributed by atoms with Crippen molar-refractivity contribution >= 4 is 66.4 Å². The number of hydrogen-bond donors (Lipinski definition) is 0. The van der Waals surface area contributed by atoms with Gasteiger partial charge < -0.3 is 9.13 Å². The topological polar surface area (TPSA) is 172 Å². The van der Waals surface area contributed by atoms with Crippen molar-refractivity contribution in [2.24, 2.45) is 0 Å². The molecule has 13 nitrogen and oxygen atoms in total. The van der Waals surface area contributed by atoms with E-state index in [-0.39, 0.29) is 5.56 Å². The van der Waals surface area contributed by atoms with E-state index in [4.69, 9.17) is 36.3 Å². The largest absolute Gasteiger partial charge is 0.308 e. The fraction of sp³-hybridized carbons (Fsp3) is 0. The lowest BCUT2D eigenvalue weighted by Gasteiger charge is -2.19. The van der Waals surface area contributed by atoms with Gasteiger partial charge in [0, 0.05) is 49.4 Å². The minimum Gasteiger partial charge on any atom is -0.308 e. The third-order valence-corrected chi connectivity index (χ3v) is 16.6. The lowest BCUT2D eigenvalue weighted by Crippen LogP contribution is -2.06. The summed E-state index contributed by atoms with van der Waals surface area (Å²) >= 11 is 0. The molecule has 14 aromatic rings. The van der Waals surface area contributed by atoms with Crippen LogP contribution in [0.4, 0.5) is 22.7 Å². The van der Waals surface area contributed by atoms with Crippen LogP contribution in [-0.4, -0.2) is 19.1 Å². The summed E-state index contributed by atoms with van der Waals surface area (Å²) < 4.78 is 4.09. The Morgan fingerprint density at radius 1 is 0.315 bits per heavy atom. The molecule has 3 aromatic heterocycles. The van der Waals surface area contributed by atoms with Gasteiger partial charge in [-0.25, -0.2) is 29.3 Å². The van der Waals surface area contributed by atoms with Crippen molar-refractivity contribution in [3.63, 3.8) is 0 Å². The van der Waals surface area contributed by atoms with Crippen LogP contribution in [0.15, 0.2) is 224 Å². The van der Waals surface area contributed by atoms with E-state index in [0.717, 1.165) is 32.7 Å². The van der Waals surface area contributed by atoms with Crippen LogP contribution in [0.3, 0.4) is 0 Å². The zero-order chi connectivity index (χ0) is 63.1. The third-order valence-electron chi connectivity index (χ3n) is 16.6. The molecule has 0 unspecified atom stereocenters. The van der Waals surface area contributed by atoms with E-state index >= 15 is 0 Å². The number of nitriles is 5. The second-order valence-electron chi connectivity index (χ2n) is 21.6. The van der Waals surface area contributed by atoms with Crippen molar-refractivity contribution in [1.29, 1.82) is 26.3 Å². The molecule has 0 bridgehead atoms. The third kappa shape index (κ3) is 9.37. The number of rotatable bonds is 9. The Balaban J connectivity index is 1.12. The van der Waals surface area contributed by atoms with E-state index in [0.29, 0.717) is 146 Å². The molecule has 418 valence electrons. The van der Waals surface area contributed by atoms with Gasteiger partial charge in [0.05, 0.1) is 107 Å². The van der Waals surface area contributed by atoms with Crippen LogP contribution in [0.1, 0.15) is 27.8 Å². The lowest BCUT2D eigenvalue weighted by atomic mass is 9.96. The molecular weight excluding hydrogens is 1130 g/mol. The van der Waals surface area contributed by atoms with Crippen molar-refractivity contribution in [3.05, 3.63) is 298 Å². The summed E-state index contributed by atoms with van der Waals surface area (Å²) in [7, 11) is 0. The Kier molecular flexibility index (Phi) is 13.7. The van der Waals surface area contributed by atoms with Crippen LogP contribution >= 0.6 is 0 Å². The number of fused-ring (bicyclic) bond motifs is 6. The second-order valence-corrected chi connectivity index (χ2v) is 21.6. The van der Waals surface area contributed by atoms with Crippen LogP contribution in [0.5, 0.6) is 0 Å². The highest BCUT2D eigenvalue weighted by Crippen LogP contribution is 2.46. The molecule has 0 saturated carbocycles. The molecule has 0 aliphatic heterocycles. The summed E-state index contributed by atoms with van der Waals surface area (Å²) in [4.78, 5) is 25.6. The molecule has 3 heterocycles. The molecule has 0 atom stereocenters. The fourth-order valence-electron chi connectivity index (χ4n) is 12.3. The summed E-state index contributed by atoms with van der Waals surface area (Å²) in [5, 5.41) is 55.8. The number of benzene rings is 11. The number of nitrogens with zero attached hydrogens (tertiary/aromatic N) is 13. The van der Waals surface area contributed by atoms with Crippen LogP contribution in [-0.2, 0) is 0 Å². The normalized spacial score (nSPS) is 10.7. The minimum atomic E-state index is 0.253. The van der Waals surface area contributed by atoms with Gasteiger partial charge in [-0.05, 0) is 142 Å². The van der Waals surface area contributed by atoms with E-state index in [9.17, 15) is 26.3 Å². The predicted molar refractivity (Wildman–Crippen MR) is 357 cm³/mol. The fourth-order valence-corrected chi connectivity index (χ4v) is 12.3. The van der Waals surface area contributed by atoms with Gasteiger partial charge in [0.15, 0.2) is 28.6 Å². The Labute approximate surface area is 527 Å². The van der Waals surface area contributed by atoms with Crippen LogP contribution in [0, 0.1) is 82.9 Å². The summed E-state index contributed by atoms with van der Waals surface area (Å²) in [5.74, 6) is 0.353. The highest BCUT2D eigenvalue weighted by molar-refractivity contribution is 6.14. The Morgan fingerprint density at radius 3 is 1.15 bits per heavy atom. The molecular formula is C79H37N13. The molecule has 0 N–H and O–H groups in total. The first-order valence-electron chi connectivity index (χ1n) is 28.6. The van der Waals surface area contributed by atoms with E-state index in [1.54, 1.807) is 72.8 Å². The average Bonchev–Trinajstić information content (AvgIpc) is 1.56. The molecule has 0 aliphatic rings. The smallest absolute Gasteiger partial charge is 0.196 e. The molecule has 92 heavy (non-hydrogen) atoms. The van der Waals surface area contributed by atoms with Gasteiger partial charge in [-0.2, -0.15) is 26.3 Å². The van der Waals surface area contributed by atoms with Crippen molar-refractivity contribution in [2.75, 3.05) is 0 Å². The maximum Gasteiger partial charge on any atom is 0.196 e. The molecule has 0 aliphatic carbocycles. The predicted octanol–water partition coefficient (Wildman–Crippen LogP) is 19.9. The number of hydrogen-bond acceptors (Lipinski definition) is 7. The summed E-state index contributed by atoms with van der Waals surface area (Å²) in [6.45, 7) is 31.8. The molecule has 13 heteroatoms. The Hall–Kier alpha value is -14.5. The quantitative estimate of drug-likeness (QED) is 0.129. The van der Waals surface area contributed by atoms with E-state index in [2.05, 4.69) is 49.7 Å². The summed E-state index contributed by atoms with van der Waals surface area (Å²) in [6.07, 6.45) is 0. The first-order chi connectivity index (χ1) is 45.2. The van der Waals surface area contributed by atoms with Gasteiger partial charge >= 0.3 is 0 Å². The maximum atomic E-state index is 12.2. The first kappa shape index (κ1) is 55.4. The molecule has 0 fully saturated rings. The molecule has 11 aromatic carbocycles. The molecule has 0 amide bonds. The number of aromatic nitrogens is 4. The Morgan fingerprint density at radius 2 is 0.717 bits per heavy atom. The standard InChI is InChI=1S/C79H37N13/c1-85-58-21-25-61(57(33-58)45-83)52-18-28-74-65(35-52)67-37-54(63-26-22-59(86-2)40-72(63)88-4)20-30-76(67)92(74)78-39-55(79-89-69(49-11-7-5-8-12-49)41-70(90-79)50-13-9-6-10-14-50)38-77(68(78)46-84)91-73-27-17-51(60-23-15-47(42-80)31-56(60)44-82)34-64(73)66-36-53(19-29-75(66)91)62-24-16-48(43-81)32-71(62)87-3/h5-41H. The Bertz CT molecular complexity index is 5330. The first-order valence-corrected chi connectivity index (χ1v) is 28.6. The lowest BCUT2D eigenvalue weighted by molar-refractivity contribution is 1.11. The van der Waals surface area contributed by atoms with Gasteiger partial charge in [-0.3, -0.25) is 0 Å². The summed E-state index contributed by atoms with van der Waals surface area (Å²) in [5.41, 5.74) is 15.2. The van der Waals surface area contributed by atoms with E-state index in [1.165, 1.54) is 0 Å². The van der Waals surface area contributed by atoms with E-state index < -0.39 is 0 Å². The highest BCUT2D eigenvalue weighted by atomic mass is 15.0. The minimum absolute atomic E-state index is 0.253. The molecule has 0 radical (unpaired) electrons. The maximum absolute atomic E-state index is 12.2. The molecule has 14 rings (SSSR count). The van der Waals surface area contributed by atoms with E-state index in [1.807, 2.05) is 161 Å². The van der Waals surface area contributed by atoms with Crippen molar-refractivity contribution in [2.45, 2.75) is 0 Å². The van der Waals surface area contributed by atoms with Gasteiger partial charge in [-0.1, -0.05) is 127 Å². The van der Waals surface area contributed by atoms with Gasteiger partial charge in [0.2, 0.25) is 0 Å². The zero-order valence-electron chi connectivity index (χ0n) is 48.2. The van der Waals surface area contributed by atoms with Crippen LogP contribution < -0.4 is 0 Å². The van der Waals surface area contributed by atoms with Gasteiger partial charge in [0.1, 0.15) is 11.6 Å². The monoisotopic (exact) mass is 1170 g/mol. The van der Waals surface area contributed by atoms with Crippen molar-refractivity contribution < 1.29 is 0 Å². The van der Waals surface area contributed by atoms with Crippen LogP contribution in [0.25, 0.3) is 153 Å². The zero-order valence-corrected chi connectivity index (χ0v) is 48.2.